The topological polar surface area (TPSA) is 6.48 Å². The lowest BCUT2D eigenvalue weighted by molar-refractivity contribution is 1.05. The number of aryl methyl sites for hydroxylation is 4. The number of hydrogen-bond acceptors (Lipinski definition) is 2. The maximum absolute atomic E-state index is 2.45. The molecule has 0 amide bonds. The van der Waals surface area contributed by atoms with E-state index in [2.05, 4.69) is 353 Å². The van der Waals surface area contributed by atoms with Crippen molar-refractivity contribution in [3.8, 4) is 0 Å². The van der Waals surface area contributed by atoms with Crippen LogP contribution in [-0.4, -0.2) is 0 Å². The lowest BCUT2D eigenvalue weighted by Gasteiger charge is -2.30. The molecule has 2 nitrogen and oxygen atoms in total. The predicted molar refractivity (Wildman–Crippen MR) is 371 cm³/mol. The zero-order valence-corrected chi connectivity index (χ0v) is 49.3. The average molecular weight is 1100 g/mol. The summed E-state index contributed by atoms with van der Waals surface area (Å²) in [6, 6.07) is 87.2. The van der Waals surface area contributed by atoms with Crippen molar-refractivity contribution in [1.29, 1.82) is 0 Å². The first-order valence-electron chi connectivity index (χ1n) is 29.7. The van der Waals surface area contributed by atoms with E-state index >= 15 is 0 Å². The summed E-state index contributed by atoms with van der Waals surface area (Å²) in [5.74, 6) is 0. The molecule has 0 atom stereocenters. The minimum atomic E-state index is 0.821. The van der Waals surface area contributed by atoms with E-state index in [9.17, 15) is 0 Å². The molecular weight excluding hydrogens is 1020 g/mol. The van der Waals surface area contributed by atoms with Crippen LogP contribution in [0.2, 0.25) is 0 Å². The Kier molecular flexibility index (Phi) is 20.2. The highest BCUT2D eigenvalue weighted by molar-refractivity contribution is 5.84. The minimum Gasteiger partial charge on any atom is -0.310 e. The van der Waals surface area contributed by atoms with Crippen LogP contribution in [-0.2, 0) is 19.3 Å². The van der Waals surface area contributed by atoms with Crippen molar-refractivity contribution in [1.82, 2.24) is 0 Å². The molecule has 0 aliphatic carbocycles. The molecule has 0 saturated carbocycles. The second-order valence-corrected chi connectivity index (χ2v) is 21.3. The van der Waals surface area contributed by atoms with Gasteiger partial charge in [0.2, 0.25) is 0 Å². The van der Waals surface area contributed by atoms with Crippen molar-refractivity contribution in [2.24, 2.45) is 0 Å². The van der Waals surface area contributed by atoms with Gasteiger partial charge in [-0.3, -0.25) is 0 Å². The van der Waals surface area contributed by atoms with E-state index in [1.165, 1.54) is 67.0 Å². The number of nitrogens with zero attached hydrogens (tertiary/aromatic N) is 2. The Morgan fingerprint density at radius 2 is 0.471 bits per heavy atom. The Bertz CT molecular complexity index is 3520. The summed E-state index contributed by atoms with van der Waals surface area (Å²) in [4.78, 5) is 4.90. The summed E-state index contributed by atoms with van der Waals surface area (Å²) in [5.41, 5.74) is 23.9. The highest BCUT2D eigenvalue weighted by Crippen LogP contribution is 2.43. The van der Waals surface area contributed by atoms with Gasteiger partial charge in [-0.1, -0.05) is 305 Å². The third-order valence-electron chi connectivity index (χ3n) is 15.1. The molecule has 0 unspecified atom stereocenters. The van der Waals surface area contributed by atoms with Crippen LogP contribution in [0, 0.1) is 13.8 Å². The molecule has 0 fully saturated rings. The van der Waals surface area contributed by atoms with E-state index in [0.29, 0.717) is 0 Å². The van der Waals surface area contributed by atoms with Crippen LogP contribution in [0.5, 0.6) is 0 Å². The molecular formula is C83H74N2. The molecule has 0 aromatic heterocycles. The van der Waals surface area contributed by atoms with Gasteiger partial charge in [0.15, 0.2) is 0 Å². The SMILES string of the molecule is CCc1cc(Cc2cc(C)c(N(c3ccc(/C=C/C=C/c4ccccc4)cc3)c3ccc(/C=C/C=C/c4ccccc4)cc3)c(CC)c2)cc(C)c1N(c1ccc(/C=C/C=C/c2ccccc2)cc1)c1ccc(/C=C/C=C/c2ccccc2)cc1. The van der Waals surface area contributed by atoms with Crippen LogP contribution in [0.4, 0.5) is 34.1 Å². The van der Waals surface area contributed by atoms with E-state index in [4.69, 9.17) is 0 Å². The van der Waals surface area contributed by atoms with E-state index in [-0.39, 0.29) is 0 Å². The molecule has 0 spiro atoms. The van der Waals surface area contributed by atoms with Crippen LogP contribution in [0.25, 0.3) is 48.6 Å². The Hall–Kier alpha value is -10.3. The lowest BCUT2D eigenvalue weighted by atomic mass is 9.93. The van der Waals surface area contributed by atoms with E-state index in [1.54, 1.807) is 0 Å². The van der Waals surface area contributed by atoms with Gasteiger partial charge in [-0.25, -0.2) is 0 Å². The maximum atomic E-state index is 2.45. The molecule has 0 N–H and O–H groups in total. The second kappa shape index (κ2) is 29.6. The summed E-state index contributed by atoms with van der Waals surface area (Å²) in [6.45, 7) is 9.14. The fraction of sp³-hybridized carbons (Fsp3) is 0.0843. The van der Waals surface area contributed by atoms with E-state index in [0.717, 1.165) is 64.3 Å². The molecule has 0 bridgehead atoms. The number of benzene rings is 10. The van der Waals surface area contributed by atoms with Crippen molar-refractivity contribution < 1.29 is 0 Å². The van der Waals surface area contributed by atoms with Gasteiger partial charge in [-0.05, 0) is 160 Å². The fourth-order valence-electron chi connectivity index (χ4n) is 10.8. The maximum Gasteiger partial charge on any atom is 0.0522 e. The normalized spacial score (nSPS) is 12.0. The largest absolute Gasteiger partial charge is 0.310 e. The molecule has 10 rings (SSSR count). The Morgan fingerprint density at radius 3 is 0.682 bits per heavy atom. The zero-order valence-electron chi connectivity index (χ0n) is 49.3. The molecule has 0 aliphatic rings. The summed E-state index contributed by atoms with van der Waals surface area (Å²) < 4.78 is 0. The fourth-order valence-corrected chi connectivity index (χ4v) is 10.8. The Labute approximate surface area is 505 Å². The second-order valence-electron chi connectivity index (χ2n) is 21.3. The highest BCUT2D eigenvalue weighted by atomic mass is 15.2. The first-order chi connectivity index (χ1) is 41.9. The molecule has 2 heteroatoms. The third-order valence-corrected chi connectivity index (χ3v) is 15.1. The van der Waals surface area contributed by atoms with Gasteiger partial charge in [-0.2, -0.15) is 0 Å². The van der Waals surface area contributed by atoms with Crippen molar-refractivity contribution in [3.05, 3.63) is 369 Å². The summed E-state index contributed by atoms with van der Waals surface area (Å²) in [5, 5.41) is 0. The van der Waals surface area contributed by atoms with Gasteiger partial charge >= 0.3 is 0 Å². The number of anilines is 6. The van der Waals surface area contributed by atoms with Crippen LogP contribution in [0.15, 0.2) is 291 Å². The van der Waals surface area contributed by atoms with Crippen molar-refractivity contribution in [3.63, 3.8) is 0 Å². The third kappa shape index (κ3) is 16.0. The molecule has 0 radical (unpaired) electrons. The van der Waals surface area contributed by atoms with Crippen molar-refractivity contribution in [2.75, 3.05) is 9.80 Å². The van der Waals surface area contributed by atoms with Crippen LogP contribution >= 0.6 is 0 Å². The number of hydrogen-bond donors (Lipinski definition) is 0. The Morgan fingerprint density at radius 1 is 0.259 bits per heavy atom. The van der Waals surface area contributed by atoms with E-state index in [1.807, 2.05) is 24.3 Å². The highest BCUT2D eigenvalue weighted by Gasteiger charge is 2.22. The summed E-state index contributed by atoms with van der Waals surface area (Å²) in [7, 11) is 0. The van der Waals surface area contributed by atoms with Crippen molar-refractivity contribution in [2.45, 2.75) is 47.0 Å². The van der Waals surface area contributed by atoms with Gasteiger partial charge < -0.3 is 9.80 Å². The Balaban J connectivity index is 0.947. The molecule has 10 aromatic carbocycles. The molecule has 0 saturated heterocycles. The monoisotopic (exact) mass is 1100 g/mol. The first kappa shape index (κ1) is 57.9. The predicted octanol–water partition coefficient (Wildman–Crippen LogP) is 22.9. The van der Waals surface area contributed by atoms with Gasteiger partial charge in [0.25, 0.3) is 0 Å². The molecule has 0 aliphatic heterocycles. The van der Waals surface area contributed by atoms with Crippen LogP contribution in [0.3, 0.4) is 0 Å². The van der Waals surface area contributed by atoms with E-state index < -0.39 is 0 Å². The lowest BCUT2D eigenvalue weighted by Crippen LogP contribution is -2.15. The molecule has 10 aromatic rings. The van der Waals surface area contributed by atoms with Gasteiger partial charge in [0.05, 0.1) is 11.4 Å². The number of rotatable bonds is 22. The number of allylic oxidation sites excluding steroid dienone is 8. The average Bonchev–Trinajstić information content (AvgIpc) is 3.54. The molecule has 0 heterocycles. The summed E-state index contributed by atoms with van der Waals surface area (Å²) in [6.07, 6.45) is 36.7. The van der Waals surface area contributed by atoms with Gasteiger partial charge in [0, 0.05) is 22.7 Å². The zero-order chi connectivity index (χ0) is 58.4. The minimum absolute atomic E-state index is 0.821. The summed E-state index contributed by atoms with van der Waals surface area (Å²) >= 11 is 0. The van der Waals surface area contributed by atoms with Crippen LogP contribution in [0.1, 0.15) is 91.7 Å². The standard InChI is InChI=1S/C83H74N2/c1-5-76-62-74(59-64(3)82(76)84(78-51-43-70(44-52-78)39-23-19-35-66-27-11-7-12-28-66)79-53-45-71(46-54-79)40-24-20-36-67-29-13-8-14-30-67)61-75-60-65(4)83(77(6-2)63-75)85(80-55-47-72(48-56-80)41-25-21-37-68-31-15-9-16-32-68)81-57-49-73(50-58-81)42-26-22-38-69-33-17-10-18-34-69/h7-60,62-63H,5-6,61H2,1-4H3/b35-19+,36-20+,37-21+,38-22+,39-23+,40-24+,41-25+,42-26+. The van der Waals surface area contributed by atoms with Crippen LogP contribution < -0.4 is 9.80 Å². The van der Waals surface area contributed by atoms with Gasteiger partial charge in [-0.15, -0.1) is 0 Å². The smallest absolute Gasteiger partial charge is 0.0522 e. The quantitative estimate of drug-likeness (QED) is 0.0624. The van der Waals surface area contributed by atoms with Gasteiger partial charge in [0.1, 0.15) is 0 Å². The molecule has 85 heavy (non-hydrogen) atoms. The van der Waals surface area contributed by atoms with Crippen molar-refractivity contribution >= 4 is 82.7 Å². The first-order valence-corrected chi connectivity index (χ1v) is 29.7. The molecule has 416 valence electrons.